The van der Waals surface area contributed by atoms with Gasteiger partial charge in [0.1, 0.15) is 6.04 Å². The molecule has 0 aliphatic carbocycles. The number of carbonyl (C=O) groups is 2. The Morgan fingerprint density at radius 2 is 2.14 bits per heavy atom. The first-order valence-corrected chi connectivity index (χ1v) is 7.42. The van der Waals surface area contributed by atoms with Crippen molar-refractivity contribution >= 4 is 40.6 Å². The number of hydrogen-bond donors (Lipinski definition) is 4. The molecule has 0 radical (unpaired) electrons. The normalized spacial score (nSPS) is 12.6. The number of hydrogen-bond acceptors (Lipinski definition) is 6. The summed E-state index contributed by atoms with van der Waals surface area (Å²) in [5.41, 5.74) is -0.411. The fraction of sp³-hybridized carbons (Fsp3) is 0.636. The van der Waals surface area contributed by atoms with Gasteiger partial charge in [-0.2, -0.15) is 0 Å². The van der Waals surface area contributed by atoms with Crippen molar-refractivity contribution in [3.8, 4) is 0 Å². The van der Waals surface area contributed by atoms with E-state index in [9.17, 15) is 9.59 Å². The summed E-state index contributed by atoms with van der Waals surface area (Å²) in [7, 11) is 1.49. The molecule has 0 saturated carbocycles. The Morgan fingerprint density at radius 1 is 1.48 bits per heavy atom. The van der Waals surface area contributed by atoms with Crippen molar-refractivity contribution in [2.24, 2.45) is 0 Å². The van der Waals surface area contributed by atoms with Crippen molar-refractivity contribution < 1.29 is 14.3 Å². The van der Waals surface area contributed by atoms with E-state index in [1.165, 1.54) is 7.05 Å². The van der Waals surface area contributed by atoms with Gasteiger partial charge in [-0.25, -0.2) is 4.79 Å². The Bertz CT molecular complexity index is 549. The number of aromatic nitrogens is 2. The standard InChI is InChI=1S/C11H19N5O3S2/c1-11(2,3)19-5-6(7(17)12-4)13-8(18)14-9-15-16-10(20)21-9/h6H,5H2,1-4H3,(H,12,17)(H,16,20)(H2,13,14,15,18). The van der Waals surface area contributed by atoms with Crippen molar-refractivity contribution in [1.82, 2.24) is 20.8 Å². The number of nitrogens with one attached hydrogen (secondary N) is 4. The van der Waals surface area contributed by atoms with E-state index in [2.05, 4.69) is 26.1 Å². The maximum Gasteiger partial charge on any atom is 0.321 e. The van der Waals surface area contributed by atoms with Gasteiger partial charge < -0.3 is 15.4 Å². The lowest BCUT2D eigenvalue weighted by Crippen LogP contribution is -2.50. The van der Waals surface area contributed by atoms with Crippen LogP contribution in [-0.2, 0) is 9.53 Å². The zero-order valence-electron chi connectivity index (χ0n) is 12.3. The molecule has 1 rings (SSSR count). The van der Waals surface area contributed by atoms with Crippen molar-refractivity contribution in [1.29, 1.82) is 0 Å². The third kappa shape index (κ3) is 6.65. The van der Waals surface area contributed by atoms with Crippen LogP contribution in [0.2, 0.25) is 0 Å². The lowest BCUT2D eigenvalue weighted by atomic mass is 10.2. The highest BCUT2D eigenvalue weighted by Crippen LogP contribution is 2.11. The van der Waals surface area contributed by atoms with Gasteiger partial charge in [-0.1, -0.05) is 11.3 Å². The number of rotatable bonds is 5. The van der Waals surface area contributed by atoms with Gasteiger partial charge in [-0.05, 0) is 33.0 Å². The van der Waals surface area contributed by atoms with Crippen LogP contribution in [-0.4, -0.2) is 47.4 Å². The second-order valence-electron chi connectivity index (χ2n) is 5.11. The number of anilines is 1. The van der Waals surface area contributed by atoms with Gasteiger partial charge in [0.2, 0.25) is 11.0 Å². The summed E-state index contributed by atoms with van der Waals surface area (Å²) < 4.78 is 5.98. The van der Waals surface area contributed by atoms with Gasteiger partial charge in [-0.15, -0.1) is 5.10 Å². The molecule has 118 valence electrons. The predicted octanol–water partition coefficient (Wildman–Crippen LogP) is 1.25. The fourth-order valence-electron chi connectivity index (χ4n) is 1.27. The number of nitrogens with zero attached hydrogens (tertiary/aromatic N) is 1. The zero-order chi connectivity index (χ0) is 16.0. The van der Waals surface area contributed by atoms with Gasteiger partial charge in [0, 0.05) is 7.05 Å². The SMILES string of the molecule is CNC(=O)C(COC(C)(C)C)NC(=O)Nc1n[nH]c(=S)s1. The maximum absolute atomic E-state index is 11.8. The highest BCUT2D eigenvalue weighted by molar-refractivity contribution is 7.73. The summed E-state index contributed by atoms with van der Waals surface area (Å²) in [5.74, 6) is -0.343. The van der Waals surface area contributed by atoms with E-state index in [4.69, 9.17) is 17.0 Å². The molecule has 8 nitrogen and oxygen atoms in total. The average molecular weight is 333 g/mol. The van der Waals surface area contributed by atoms with Crippen molar-refractivity contribution in [3.63, 3.8) is 0 Å². The molecular weight excluding hydrogens is 314 g/mol. The molecule has 1 aromatic rings. The number of ether oxygens (including phenoxy) is 1. The number of likely N-dealkylation sites (N-methyl/N-ethyl adjacent to an activating group) is 1. The molecule has 0 aliphatic rings. The topological polar surface area (TPSA) is 108 Å². The van der Waals surface area contributed by atoms with Crippen LogP contribution in [0.15, 0.2) is 0 Å². The smallest absolute Gasteiger partial charge is 0.321 e. The van der Waals surface area contributed by atoms with Gasteiger partial charge in [0.25, 0.3) is 0 Å². The molecule has 1 unspecified atom stereocenters. The maximum atomic E-state index is 11.8. The molecule has 1 aromatic heterocycles. The Labute approximate surface area is 131 Å². The molecule has 0 spiro atoms. The lowest BCUT2D eigenvalue weighted by Gasteiger charge is -2.24. The van der Waals surface area contributed by atoms with E-state index in [-0.39, 0.29) is 12.5 Å². The molecule has 0 fully saturated rings. The molecule has 0 saturated heterocycles. The summed E-state index contributed by atoms with van der Waals surface area (Å²) in [6.07, 6.45) is 0. The van der Waals surface area contributed by atoms with E-state index in [0.717, 1.165) is 11.3 Å². The second kappa shape index (κ2) is 7.48. The molecule has 21 heavy (non-hydrogen) atoms. The van der Waals surface area contributed by atoms with Crippen molar-refractivity contribution in [2.45, 2.75) is 32.4 Å². The number of urea groups is 1. The van der Waals surface area contributed by atoms with Crippen LogP contribution in [0.25, 0.3) is 0 Å². The first kappa shape index (κ1) is 17.5. The largest absolute Gasteiger partial charge is 0.373 e. The van der Waals surface area contributed by atoms with Gasteiger partial charge in [0.05, 0.1) is 12.2 Å². The lowest BCUT2D eigenvalue weighted by molar-refractivity contribution is -0.125. The molecule has 1 heterocycles. The zero-order valence-corrected chi connectivity index (χ0v) is 13.9. The number of carbonyl (C=O) groups excluding carboxylic acids is 2. The van der Waals surface area contributed by atoms with Crippen LogP contribution in [0.1, 0.15) is 20.8 Å². The minimum atomic E-state index is -0.805. The summed E-state index contributed by atoms with van der Waals surface area (Å²) in [5, 5.41) is 14.2. The van der Waals surface area contributed by atoms with Crippen LogP contribution in [0.5, 0.6) is 0 Å². The van der Waals surface area contributed by atoms with Gasteiger partial charge >= 0.3 is 6.03 Å². The number of amides is 3. The summed E-state index contributed by atoms with van der Waals surface area (Å²) >= 11 is 5.98. The van der Waals surface area contributed by atoms with Crippen molar-refractivity contribution in [2.75, 3.05) is 19.0 Å². The monoisotopic (exact) mass is 333 g/mol. The summed E-state index contributed by atoms with van der Waals surface area (Å²) in [4.78, 5) is 23.6. The van der Waals surface area contributed by atoms with Crippen LogP contribution in [0, 0.1) is 3.95 Å². The molecule has 4 N–H and O–H groups in total. The Kier molecular flexibility index (Phi) is 6.24. The minimum Gasteiger partial charge on any atom is -0.373 e. The van der Waals surface area contributed by atoms with E-state index < -0.39 is 17.7 Å². The minimum absolute atomic E-state index is 0.0624. The number of H-pyrrole nitrogens is 1. The Balaban J connectivity index is 2.60. The highest BCUT2D eigenvalue weighted by atomic mass is 32.1. The summed E-state index contributed by atoms with van der Waals surface area (Å²) in [6, 6.07) is -1.36. The molecular formula is C11H19N5O3S2. The Hall–Kier alpha value is -1.52. The molecule has 0 aliphatic heterocycles. The van der Waals surface area contributed by atoms with E-state index in [0.29, 0.717) is 9.09 Å². The molecule has 0 aromatic carbocycles. The van der Waals surface area contributed by atoms with E-state index in [1.54, 1.807) is 0 Å². The quantitative estimate of drug-likeness (QED) is 0.607. The highest BCUT2D eigenvalue weighted by Gasteiger charge is 2.23. The van der Waals surface area contributed by atoms with Crippen LogP contribution < -0.4 is 16.0 Å². The third-order valence-electron chi connectivity index (χ3n) is 2.21. The van der Waals surface area contributed by atoms with Gasteiger partial charge in [0.15, 0.2) is 3.95 Å². The Morgan fingerprint density at radius 3 is 2.62 bits per heavy atom. The molecule has 10 heteroatoms. The van der Waals surface area contributed by atoms with Crippen LogP contribution >= 0.6 is 23.6 Å². The van der Waals surface area contributed by atoms with E-state index in [1.807, 2.05) is 20.8 Å². The molecule has 3 amide bonds. The van der Waals surface area contributed by atoms with Crippen molar-refractivity contribution in [3.05, 3.63) is 3.95 Å². The van der Waals surface area contributed by atoms with Crippen LogP contribution in [0.4, 0.5) is 9.93 Å². The van der Waals surface area contributed by atoms with Crippen LogP contribution in [0.3, 0.4) is 0 Å². The molecule has 0 bridgehead atoms. The fourth-order valence-corrected chi connectivity index (χ4v) is 2.05. The number of aromatic amines is 1. The van der Waals surface area contributed by atoms with Gasteiger partial charge in [-0.3, -0.25) is 15.2 Å². The molecule has 1 atom stereocenters. The second-order valence-corrected chi connectivity index (χ2v) is 6.77. The first-order valence-electron chi connectivity index (χ1n) is 6.20. The predicted molar refractivity (Wildman–Crippen MR) is 83.0 cm³/mol. The summed E-state index contributed by atoms with van der Waals surface area (Å²) in [6.45, 7) is 5.66. The first-order chi connectivity index (χ1) is 9.71. The average Bonchev–Trinajstić information content (AvgIpc) is 2.77. The third-order valence-corrected chi connectivity index (χ3v) is 3.21. The van der Waals surface area contributed by atoms with E-state index >= 15 is 0 Å².